The van der Waals surface area contributed by atoms with Crippen LogP contribution < -0.4 is 0 Å². The molecule has 2 heteroatoms. The van der Waals surface area contributed by atoms with Crippen LogP contribution in [0.15, 0.2) is 6.20 Å². The van der Waals surface area contributed by atoms with E-state index in [0.717, 1.165) is 6.54 Å². The Morgan fingerprint density at radius 3 is 2.77 bits per heavy atom. The highest BCUT2D eigenvalue weighted by Gasteiger charge is 2.28. The summed E-state index contributed by atoms with van der Waals surface area (Å²) >= 11 is 0. The van der Waals surface area contributed by atoms with Gasteiger partial charge < -0.3 is 0 Å². The van der Waals surface area contributed by atoms with Gasteiger partial charge in [-0.05, 0) is 17.4 Å². The summed E-state index contributed by atoms with van der Waals surface area (Å²) in [6, 6.07) is 0. The van der Waals surface area contributed by atoms with Crippen molar-refractivity contribution in [1.82, 2.24) is 9.78 Å². The summed E-state index contributed by atoms with van der Waals surface area (Å²) in [6.45, 7) is 10.2. The number of nitrogens with zero attached hydrogens (tertiary/aromatic N) is 2. The van der Waals surface area contributed by atoms with E-state index >= 15 is 0 Å². The van der Waals surface area contributed by atoms with E-state index in [9.17, 15) is 0 Å². The van der Waals surface area contributed by atoms with Gasteiger partial charge in [0.1, 0.15) is 0 Å². The fourth-order valence-electron chi connectivity index (χ4n) is 2.12. The van der Waals surface area contributed by atoms with Crippen LogP contribution in [-0.4, -0.2) is 9.78 Å². The molecule has 0 fully saturated rings. The van der Waals surface area contributed by atoms with Crippen molar-refractivity contribution in [3.8, 4) is 0 Å². The lowest BCUT2D eigenvalue weighted by Gasteiger charge is -2.19. The molecule has 0 bridgehead atoms. The van der Waals surface area contributed by atoms with Crippen LogP contribution in [0.1, 0.15) is 51.3 Å². The predicted molar refractivity (Wildman–Crippen MR) is 54.0 cm³/mol. The standard InChI is InChI=1S/C11H18N2/c1-8-5-6-13-10(8)9(7-12-13)11(2,3)4/h7-8H,5-6H2,1-4H3. The van der Waals surface area contributed by atoms with Crippen LogP contribution in [0.4, 0.5) is 0 Å². The Hall–Kier alpha value is -0.790. The Kier molecular flexibility index (Phi) is 1.76. The van der Waals surface area contributed by atoms with Crippen LogP contribution in [0.5, 0.6) is 0 Å². The quantitative estimate of drug-likeness (QED) is 0.597. The monoisotopic (exact) mass is 178 g/mol. The van der Waals surface area contributed by atoms with Gasteiger partial charge in [0.15, 0.2) is 0 Å². The fourth-order valence-corrected chi connectivity index (χ4v) is 2.12. The lowest BCUT2D eigenvalue weighted by Crippen LogP contribution is -2.13. The molecule has 0 aromatic carbocycles. The van der Waals surface area contributed by atoms with E-state index in [1.807, 2.05) is 6.20 Å². The van der Waals surface area contributed by atoms with E-state index in [1.54, 1.807) is 0 Å². The molecule has 2 rings (SSSR count). The first kappa shape index (κ1) is 8.79. The zero-order valence-electron chi connectivity index (χ0n) is 8.96. The smallest absolute Gasteiger partial charge is 0.0530 e. The molecule has 1 atom stereocenters. The molecule has 72 valence electrons. The van der Waals surface area contributed by atoms with Crippen molar-refractivity contribution in [2.24, 2.45) is 0 Å². The van der Waals surface area contributed by atoms with Crippen molar-refractivity contribution in [3.05, 3.63) is 17.5 Å². The van der Waals surface area contributed by atoms with E-state index in [2.05, 4.69) is 37.5 Å². The zero-order valence-corrected chi connectivity index (χ0v) is 8.96. The van der Waals surface area contributed by atoms with Crippen molar-refractivity contribution < 1.29 is 0 Å². The summed E-state index contributed by atoms with van der Waals surface area (Å²) in [5.74, 6) is 0.691. The van der Waals surface area contributed by atoms with Gasteiger partial charge in [-0.15, -0.1) is 0 Å². The first-order chi connectivity index (χ1) is 6.00. The SMILES string of the molecule is CC1CCn2ncc(C(C)(C)C)c21. The molecule has 1 aliphatic rings. The van der Waals surface area contributed by atoms with Crippen molar-refractivity contribution in [3.63, 3.8) is 0 Å². The maximum Gasteiger partial charge on any atom is 0.0530 e. The molecule has 13 heavy (non-hydrogen) atoms. The molecule has 1 unspecified atom stereocenters. The van der Waals surface area contributed by atoms with E-state index < -0.39 is 0 Å². The van der Waals surface area contributed by atoms with Crippen molar-refractivity contribution in [1.29, 1.82) is 0 Å². The molecule has 0 spiro atoms. The summed E-state index contributed by atoms with van der Waals surface area (Å²) in [7, 11) is 0. The van der Waals surface area contributed by atoms with Gasteiger partial charge in [0.25, 0.3) is 0 Å². The zero-order chi connectivity index (χ0) is 9.64. The number of aryl methyl sites for hydroxylation is 1. The van der Waals surface area contributed by atoms with Crippen LogP contribution in [0.3, 0.4) is 0 Å². The molecule has 0 radical (unpaired) electrons. The topological polar surface area (TPSA) is 17.8 Å². The number of hydrogen-bond acceptors (Lipinski definition) is 1. The molecule has 1 aromatic rings. The maximum atomic E-state index is 4.43. The number of aromatic nitrogens is 2. The second-order valence-electron chi connectivity index (χ2n) is 5.11. The lowest BCUT2D eigenvalue weighted by atomic mass is 9.85. The average Bonchev–Trinajstić information content (AvgIpc) is 2.51. The molecule has 2 heterocycles. The third-order valence-corrected chi connectivity index (χ3v) is 2.93. The molecule has 0 N–H and O–H groups in total. The number of fused-ring (bicyclic) bond motifs is 1. The van der Waals surface area contributed by atoms with Gasteiger partial charge in [-0.25, -0.2) is 0 Å². The van der Waals surface area contributed by atoms with Gasteiger partial charge in [-0.2, -0.15) is 5.10 Å². The van der Waals surface area contributed by atoms with E-state index in [-0.39, 0.29) is 5.41 Å². The first-order valence-corrected chi connectivity index (χ1v) is 5.06. The first-order valence-electron chi connectivity index (χ1n) is 5.06. The molecule has 1 aliphatic heterocycles. The Bertz CT molecular complexity index is 317. The van der Waals surface area contributed by atoms with Gasteiger partial charge in [0.2, 0.25) is 0 Å². The minimum absolute atomic E-state index is 0.242. The van der Waals surface area contributed by atoms with Gasteiger partial charge in [-0.3, -0.25) is 4.68 Å². The van der Waals surface area contributed by atoms with Crippen LogP contribution in [-0.2, 0) is 12.0 Å². The Morgan fingerprint density at radius 1 is 1.46 bits per heavy atom. The highest BCUT2D eigenvalue weighted by atomic mass is 15.3. The van der Waals surface area contributed by atoms with Gasteiger partial charge in [-0.1, -0.05) is 27.7 Å². The Labute approximate surface area is 80.0 Å². The minimum Gasteiger partial charge on any atom is -0.269 e. The van der Waals surface area contributed by atoms with E-state index in [0.29, 0.717) is 5.92 Å². The van der Waals surface area contributed by atoms with E-state index in [1.165, 1.54) is 17.7 Å². The van der Waals surface area contributed by atoms with Crippen LogP contribution in [0, 0.1) is 0 Å². The maximum absolute atomic E-state index is 4.43. The van der Waals surface area contributed by atoms with Crippen LogP contribution in [0.25, 0.3) is 0 Å². The van der Waals surface area contributed by atoms with Gasteiger partial charge >= 0.3 is 0 Å². The highest BCUT2D eigenvalue weighted by molar-refractivity contribution is 5.30. The summed E-state index contributed by atoms with van der Waals surface area (Å²) in [6.07, 6.45) is 3.30. The Morgan fingerprint density at radius 2 is 2.15 bits per heavy atom. The van der Waals surface area contributed by atoms with E-state index in [4.69, 9.17) is 0 Å². The molecular weight excluding hydrogens is 160 g/mol. The van der Waals surface area contributed by atoms with Crippen molar-refractivity contribution in [2.75, 3.05) is 0 Å². The van der Waals surface area contributed by atoms with Gasteiger partial charge in [0, 0.05) is 18.2 Å². The third-order valence-electron chi connectivity index (χ3n) is 2.93. The molecule has 0 amide bonds. The van der Waals surface area contributed by atoms with Crippen LogP contribution in [0.2, 0.25) is 0 Å². The Balaban J connectivity index is 2.50. The fraction of sp³-hybridized carbons (Fsp3) is 0.727. The third kappa shape index (κ3) is 1.28. The summed E-state index contributed by atoms with van der Waals surface area (Å²) < 4.78 is 2.17. The summed E-state index contributed by atoms with van der Waals surface area (Å²) in [5.41, 5.74) is 3.14. The summed E-state index contributed by atoms with van der Waals surface area (Å²) in [5, 5.41) is 4.43. The minimum atomic E-state index is 0.242. The summed E-state index contributed by atoms with van der Waals surface area (Å²) in [4.78, 5) is 0. The second-order valence-corrected chi connectivity index (χ2v) is 5.11. The molecule has 0 aliphatic carbocycles. The van der Waals surface area contributed by atoms with Crippen molar-refractivity contribution in [2.45, 2.75) is 52.0 Å². The van der Waals surface area contributed by atoms with Gasteiger partial charge in [0.05, 0.1) is 6.20 Å². The lowest BCUT2D eigenvalue weighted by molar-refractivity contribution is 0.576. The van der Waals surface area contributed by atoms with Crippen LogP contribution >= 0.6 is 0 Å². The molecule has 0 saturated heterocycles. The molecule has 0 saturated carbocycles. The molecule has 1 aromatic heterocycles. The predicted octanol–water partition coefficient (Wildman–Crippen LogP) is 2.69. The highest BCUT2D eigenvalue weighted by Crippen LogP contribution is 2.35. The second kappa shape index (κ2) is 2.60. The van der Waals surface area contributed by atoms with Crippen molar-refractivity contribution >= 4 is 0 Å². The number of hydrogen-bond donors (Lipinski definition) is 0. The molecular formula is C11H18N2. The largest absolute Gasteiger partial charge is 0.269 e. The average molecular weight is 178 g/mol. The number of rotatable bonds is 0. The molecule has 2 nitrogen and oxygen atoms in total. The normalized spacial score (nSPS) is 22.0.